The zero-order valence-electron chi connectivity index (χ0n) is 14.8. The highest BCUT2D eigenvalue weighted by Gasteiger charge is 2.63. The minimum absolute atomic E-state index is 0.0839. The summed E-state index contributed by atoms with van der Waals surface area (Å²) in [6, 6.07) is 5.75. The molecule has 3 rings (SSSR count). The number of rotatable bonds is 4. The highest BCUT2D eigenvalue weighted by molar-refractivity contribution is 5.98. The molecule has 4 nitrogen and oxygen atoms in total. The summed E-state index contributed by atoms with van der Waals surface area (Å²) in [6.45, 7) is 8.89. The Morgan fingerprint density at radius 3 is 2.70 bits per heavy atom. The maximum atomic E-state index is 13.1. The summed E-state index contributed by atoms with van der Waals surface area (Å²) in [4.78, 5) is 15.1. The fraction of sp³-hybridized carbons (Fsp3) is 0.632. The molecule has 23 heavy (non-hydrogen) atoms. The van der Waals surface area contributed by atoms with Crippen molar-refractivity contribution in [3.63, 3.8) is 0 Å². The Labute approximate surface area is 138 Å². The minimum atomic E-state index is 0.0839. The second kappa shape index (κ2) is 5.52. The van der Waals surface area contributed by atoms with Crippen molar-refractivity contribution in [3.05, 3.63) is 29.3 Å². The Morgan fingerprint density at radius 1 is 1.35 bits per heavy atom. The van der Waals surface area contributed by atoms with E-state index in [9.17, 15) is 4.79 Å². The molecule has 4 heteroatoms. The third-order valence-electron chi connectivity index (χ3n) is 5.79. The van der Waals surface area contributed by atoms with E-state index in [1.54, 1.807) is 14.2 Å². The smallest absolute Gasteiger partial charge is 0.257 e. The molecule has 1 saturated heterocycles. The second-order valence-corrected chi connectivity index (χ2v) is 7.85. The Hall–Kier alpha value is -1.55. The molecule has 0 N–H and O–H groups in total. The molecule has 0 aromatic heterocycles. The number of hydrogen-bond donors (Lipinski definition) is 0. The number of aryl methyl sites for hydroxylation is 1. The average Bonchev–Trinajstić information content (AvgIpc) is 2.81. The number of methoxy groups -OCH3 is 2. The normalized spacial score (nSPS) is 28.2. The molecule has 1 aromatic carbocycles. The van der Waals surface area contributed by atoms with E-state index in [4.69, 9.17) is 9.47 Å². The van der Waals surface area contributed by atoms with Crippen LogP contribution in [0.2, 0.25) is 0 Å². The van der Waals surface area contributed by atoms with Crippen LogP contribution < -0.4 is 4.74 Å². The first kappa shape index (κ1) is 16.3. The highest BCUT2D eigenvalue weighted by Crippen LogP contribution is 2.62. The lowest BCUT2D eigenvalue weighted by molar-refractivity contribution is -0.107. The lowest BCUT2D eigenvalue weighted by Crippen LogP contribution is -2.55. The molecule has 0 bridgehead atoms. The standard InChI is InChI=1S/C19H27NO3/c1-13-7-6-8-14(23-5)16(13)17(21)20-9-15-18(2,3)10-19(15,11-20)12-22-4/h6-8,15H,9-12H2,1-5H3/t15-,19-/m1/s1. The van der Waals surface area contributed by atoms with E-state index in [1.165, 1.54) is 0 Å². The molecule has 1 amide bonds. The van der Waals surface area contributed by atoms with Crippen LogP contribution in [0.1, 0.15) is 36.2 Å². The molecular formula is C19H27NO3. The number of carbonyl (C=O) groups excluding carboxylic acids is 1. The number of nitrogens with zero attached hydrogens (tertiary/aromatic N) is 1. The number of hydrogen-bond acceptors (Lipinski definition) is 3. The van der Waals surface area contributed by atoms with Gasteiger partial charge in [0.15, 0.2) is 0 Å². The molecule has 126 valence electrons. The fourth-order valence-electron chi connectivity index (χ4n) is 5.01. The van der Waals surface area contributed by atoms with Gasteiger partial charge in [0.1, 0.15) is 5.75 Å². The topological polar surface area (TPSA) is 38.8 Å². The Morgan fingerprint density at radius 2 is 2.09 bits per heavy atom. The third kappa shape index (κ3) is 2.44. The van der Waals surface area contributed by atoms with Crippen LogP contribution in [0.3, 0.4) is 0 Å². The van der Waals surface area contributed by atoms with Crippen molar-refractivity contribution in [3.8, 4) is 5.75 Å². The number of ether oxygens (including phenoxy) is 2. The first-order valence-electron chi connectivity index (χ1n) is 8.26. The Balaban J connectivity index is 1.88. The second-order valence-electron chi connectivity index (χ2n) is 7.85. The predicted molar refractivity (Wildman–Crippen MR) is 89.8 cm³/mol. The first-order valence-corrected chi connectivity index (χ1v) is 8.26. The van der Waals surface area contributed by atoms with Crippen molar-refractivity contribution in [2.45, 2.75) is 27.2 Å². The quantitative estimate of drug-likeness (QED) is 0.856. The van der Waals surface area contributed by atoms with Crippen LogP contribution in [0.25, 0.3) is 0 Å². The number of fused-ring (bicyclic) bond motifs is 1. The summed E-state index contributed by atoms with van der Waals surface area (Å²) in [5.74, 6) is 1.25. The van der Waals surface area contributed by atoms with Crippen LogP contribution in [0.4, 0.5) is 0 Å². The molecule has 1 aliphatic heterocycles. The predicted octanol–water partition coefficient (Wildman–Crippen LogP) is 3.14. The largest absolute Gasteiger partial charge is 0.496 e. The van der Waals surface area contributed by atoms with Crippen LogP contribution >= 0.6 is 0 Å². The van der Waals surface area contributed by atoms with Crippen molar-refractivity contribution < 1.29 is 14.3 Å². The van der Waals surface area contributed by atoms with Gasteiger partial charge < -0.3 is 14.4 Å². The van der Waals surface area contributed by atoms with Gasteiger partial charge in [-0.15, -0.1) is 0 Å². The van der Waals surface area contributed by atoms with E-state index in [2.05, 4.69) is 13.8 Å². The first-order chi connectivity index (χ1) is 10.8. The summed E-state index contributed by atoms with van der Waals surface area (Å²) in [6.07, 6.45) is 1.12. The van der Waals surface area contributed by atoms with E-state index >= 15 is 0 Å². The van der Waals surface area contributed by atoms with Crippen molar-refractivity contribution in [2.24, 2.45) is 16.7 Å². The van der Waals surface area contributed by atoms with Gasteiger partial charge in [0.25, 0.3) is 5.91 Å². The molecule has 2 aliphatic rings. The average molecular weight is 317 g/mol. The zero-order chi connectivity index (χ0) is 16.8. The summed E-state index contributed by atoms with van der Waals surface area (Å²) in [7, 11) is 3.38. The molecule has 1 saturated carbocycles. The van der Waals surface area contributed by atoms with Crippen LogP contribution in [0, 0.1) is 23.7 Å². The SMILES string of the molecule is COC[C@@]12CN(C(=O)c3c(C)cccc3OC)C[C@@H]1C(C)(C)C2. The van der Waals surface area contributed by atoms with Gasteiger partial charge in [-0.25, -0.2) is 0 Å². The van der Waals surface area contributed by atoms with Gasteiger partial charge in [0.2, 0.25) is 0 Å². The van der Waals surface area contributed by atoms with Gasteiger partial charge >= 0.3 is 0 Å². The van der Waals surface area contributed by atoms with E-state index in [0.29, 0.717) is 17.2 Å². The molecular weight excluding hydrogens is 290 g/mol. The van der Waals surface area contributed by atoms with Gasteiger partial charge in [-0.2, -0.15) is 0 Å². The van der Waals surface area contributed by atoms with E-state index in [-0.39, 0.29) is 16.7 Å². The maximum Gasteiger partial charge on any atom is 0.257 e. The molecule has 2 fully saturated rings. The number of benzene rings is 1. The van der Waals surface area contributed by atoms with E-state index in [0.717, 1.165) is 31.7 Å². The van der Waals surface area contributed by atoms with Gasteiger partial charge in [0.05, 0.1) is 19.3 Å². The molecule has 1 aromatic rings. The molecule has 0 radical (unpaired) electrons. The summed E-state index contributed by atoms with van der Waals surface area (Å²) >= 11 is 0. The van der Waals surface area contributed by atoms with Gasteiger partial charge in [0, 0.05) is 25.6 Å². The summed E-state index contributed by atoms with van der Waals surface area (Å²) in [5, 5.41) is 0. The van der Waals surface area contributed by atoms with E-state index < -0.39 is 0 Å². The molecule has 1 heterocycles. The number of carbonyl (C=O) groups is 1. The highest BCUT2D eigenvalue weighted by atomic mass is 16.5. The Bertz CT molecular complexity index is 625. The van der Waals surface area contributed by atoms with Crippen LogP contribution in [0.5, 0.6) is 5.75 Å². The lowest BCUT2D eigenvalue weighted by Gasteiger charge is -2.56. The fourth-order valence-corrected chi connectivity index (χ4v) is 5.01. The number of amides is 1. The zero-order valence-corrected chi connectivity index (χ0v) is 14.8. The molecule has 1 aliphatic carbocycles. The molecule has 0 spiro atoms. The van der Waals surface area contributed by atoms with Crippen molar-refractivity contribution in [2.75, 3.05) is 33.9 Å². The maximum absolute atomic E-state index is 13.1. The van der Waals surface area contributed by atoms with E-state index in [1.807, 2.05) is 30.0 Å². The molecule has 2 atom stereocenters. The van der Waals surface area contributed by atoms with Crippen LogP contribution in [0.15, 0.2) is 18.2 Å². The lowest BCUT2D eigenvalue weighted by atomic mass is 9.48. The monoisotopic (exact) mass is 317 g/mol. The minimum Gasteiger partial charge on any atom is -0.496 e. The Kier molecular flexibility index (Phi) is 3.91. The summed E-state index contributed by atoms with van der Waals surface area (Å²) in [5.41, 5.74) is 2.07. The summed E-state index contributed by atoms with van der Waals surface area (Å²) < 4.78 is 10.9. The molecule has 0 unspecified atom stereocenters. The van der Waals surface area contributed by atoms with Crippen molar-refractivity contribution in [1.29, 1.82) is 0 Å². The van der Waals surface area contributed by atoms with Gasteiger partial charge in [-0.05, 0) is 36.3 Å². The number of likely N-dealkylation sites (tertiary alicyclic amines) is 1. The van der Waals surface area contributed by atoms with Crippen LogP contribution in [-0.4, -0.2) is 44.7 Å². The van der Waals surface area contributed by atoms with Gasteiger partial charge in [-0.1, -0.05) is 26.0 Å². The third-order valence-corrected chi connectivity index (χ3v) is 5.79. The van der Waals surface area contributed by atoms with Gasteiger partial charge in [-0.3, -0.25) is 4.79 Å². The van der Waals surface area contributed by atoms with Crippen molar-refractivity contribution in [1.82, 2.24) is 4.90 Å². The van der Waals surface area contributed by atoms with Crippen LogP contribution in [-0.2, 0) is 4.74 Å². The van der Waals surface area contributed by atoms with Crippen molar-refractivity contribution >= 4 is 5.91 Å².